The summed E-state index contributed by atoms with van der Waals surface area (Å²) in [7, 11) is 3.16. The minimum absolute atomic E-state index is 0.00812. The normalized spacial score (nSPS) is 12.0. The van der Waals surface area contributed by atoms with Crippen molar-refractivity contribution in [2.24, 2.45) is 0 Å². The van der Waals surface area contributed by atoms with Gasteiger partial charge in [-0.05, 0) is 36.4 Å². The smallest absolute Gasteiger partial charge is 0.293 e. The molecule has 8 nitrogen and oxygen atoms in total. The molecule has 1 atom stereocenters. The van der Waals surface area contributed by atoms with Gasteiger partial charge in [-0.2, -0.15) is 0 Å². The Morgan fingerprint density at radius 2 is 2.05 bits per heavy atom. The molecule has 1 N–H and O–H groups in total. The fourth-order valence-electron chi connectivity index (χ4n) is 1.71. The Kier molecular flexibility index (Phi) is 4.83. The average Bonchev–Trinajstić information content (AvgIpc) is 2.97. The van der Waals surface area contributed by atoms with Gasteiger partial charge in [0.05, 0.1) is 19.4 Å². The Morgan fingerprint density at radius 3 is 2.67 bits per heavy atom. The van der Waals surface area contributed by atoms with Crippen LogP contribution in [-0.2, 0) is 4.74 Å². The van der Waals surface area contributed by atoms with Crippen molar-refractivity contribution in [1.29, 1.82) is 0 Å². The molecule has 21 heavy (non-hydrogen) atoms. The van der Waals surface area contributed by atoms with Crippen molar-refractivity contribution in [3.05, 3.63) is 30.1 Å². The summed E-state index contributed by atoms with van der Waals surface area (Å²) in [4.78, 5) is 13.2. The van der Waals surface area contributed by atoms with Crippen LogP contribution in [0.3, 0.4) is 0 Å². The van der Waals surface area contributed by atoms with Gasteiger partial charge in [-0.1, -0.05) is 0 Å². The topological polar surface area (TPSA) is 91.2 Å². The van der Waals surface area contributed by atoms with E-state index < -0.39 is 0 Å². The quantitative estimate of drug-likeness (QED) is 0.830. The van der Waals surface area contributed by atoms with Crippen LogP contribution in [0.1, 0.15) is 17.5 Å². The zero-order valence-electron chi connectivity index (χ0n) is 12.1. The van der Waals surface area contributed by atoms with E-state index in [2.05, 4.69) is 20.7 Å². The van der Waals surface area contributed by atoms with E-state index in [0.29, 0.717) is 12.3 Å². The number of aromatic nitrogens is 4. The summed E-state index contributed by atoms with van der Waals surface area (Å²) < 4.78 is 10.0. The highest BCUT2D eigenvalue weighted by molar-refractivity contribution is 5.90. The van der Waals surface area contributed by atoms with E-state index in [1.54, 1.807) is 38.5 Å². The van der Waals surface area contributed by atoms with Crippen LogP contribution in [0.4, 0.5) is 0 Å². The van der Waals surface area contributed by atoms with Crippen molar-refractivity contribution >= 4 is 5.91 Å². The lowest BCUT2D eigenvalue weighted by molar-refractivity contribution is 0.0895. The number of carbonyl (C=O) groups excluding carboxylic acids is 1. The number of amides is 1. The highest BCUT2D eigenvalue weighted by atomic mass is 16.5. The monoisotopic (exact) mass is 291 g/mol. The first-order valence-corrected chi connectivity index (χ1v) is 6.38. The van der Waals surface area contributed by atoms with Gasteiger partial charge in [-0.15, -0.1) is 15.0 Å². The molecule has 1 amide bonds. The van der Waals surface area contributed by atoms with Crippen LogP contribution in [0.2, 0.25) is 0 Å². The van der Waals surface area contributed by atoms with Gasteiger partial charge in [0.2, 0.25) is 0 Å². The largest absolute Gasteiger partial charge is 0.497 e. The van der Waals surface area contributed by atoms with Crippen LogP contribution >= 0.6 is 0 Å². The van der Waals surface area contributed by atoms with E-state index in [0.717, 1.165) is 5.75 Å². The Hall–Kier alpha value is -2.48. The molecule has 2 aromatic rings. The Bertz CT molecular complexity index is 596. The minimum atomic E-state index is -0.390. The lowest BCUT2D eigenvalue weighted by Crippen LogP contribution is -2.36. The molecule has 0 spiro atoms. The van der Waals surface area contributed by atoms with Crippen LogP contribution in [-0.4, -0.2) is 53.0 Å². The van der Waals surface area contributed by atoms with Gasteiger partial charge in [0.15, 0.2) is 0 Å². The van der Waals surface area contributed by atoms with Crippen molar-refractivity contribution in [3.8, 4) is 11.4 Å². The minimum Gasteiger partial charge on any atom is -0.497 e. The summed E-state index contributed by atoms with van der Waals surface area (Å²) in [6, 6.07) is 6.97. The molecule has 1 aromatic carbocycles. The molecule has 1 aromatic heterocycles. The molecule has 8 heteroatoms. The van der Waals surface area contributed by atoms with Crippen LogP contribution in [0, 0.1) is 0 Å². The summed E-state index contributed by atoms with van der Waals surface area (Å²) in [5.41, 5.74) is 0.687. The summed E-state index contributed by atoms with van der Waals surface area (Å²) in [6.45, 7) is 2.24. The van der Waals surface area contributed by atoms with Gasteiger partial charge in [0.25, 0.3) is 11.7 Å². The molecule has 2 rings (SSSR count). The predicted octanol–water partition coefficient (Wildman–Crippen LogP) is 0.436. The fraction of sp³-hybridized carbons (Fsp3) is 0.385. The van der Waals surface area contributed by atoms with Crippen molar-refractivity contribution in [1.82, 2.24) is 25.5 Å². The first kappa shape index (κ1) is 14.9. The van der Waals surface area contributed by atoms with Crippen molar-refractivity contribution in [2.45, 2.75) is 13.0 Å². The molecule has 0 aliphatic carbocycles. The van der Waals surface area contributed by atoms with E-state index in [4.69, 9.17) is 9.47 Å². The van der Waals surface area contributed by atoms with E-state index in [-0.39, 0.29) is 17.8 Å². The van der Waals surface area contributed by atoms with E-state index in [1.807, 2.05) is 6.92 Å². The molecule has 112 valence electrons. The van der Waals surface area contributed by atoms with Crippen molar-refractivity contribution in [2.75, 3.05) is 20.8 Å². The zero-order valence-corrected chi connectivity index (χ0v) is 12.1. The van der Waals surface area contributed by atoms with Crippen molar-refractivity contribution < 1.29 is 14.3 Å². The maximum atomic E-state index is 11.9. The van der Waals surface area contributed by atoms with E-state index in [1.165, 1.54) is 4.80 Å². The number of hydrogen-bond donors (Lipinski definition) is 1. The molecule has 0 unspecified atom stereocenters. The SMILES string of the molecule is COC[C@@H](C)NC(=O)c1nnn(-c2ccc(OC)cc2)n1. The number of carbonyl (C=O) groups is 1. The van der Waals surface area contributed by atoms with Crippen LogP contribution in [0.15, 0.2) is 24.3 Å². The van der Waals surface area contributed by atoms with E-state index in [9.17, 15) is 4.79 Å². The van der Waals surface area contributed by atoms with Gasteiger partial charge in [-0.3, -0.25) is 4.79 Å². The molecular formula is C13H17N5O3. The molecule has 0 bridgehead atoms. The standard InChI is InChI=1S/C13H17N5O3/c1-9(8-20-2)14-13(19)12-15-17-18(16-12)10-4-6-11(21-3)7-5-10/h4-7,9H,8H2,1-3H3,(H,14,19)/t9-/m1/s1. The first-order valence-electron chi connectivity index (χ1n) is 6.38. The maximum absolute atomic E-state index is 11.9. The number of hydrogen-bond acceptors (Lipinski definition) is 6. The lowest BCUT2D eigenvalue weighted by atomic mass is 10.3. The number of tetrazole rings is 1. The van der Waals surface area contributed by atoms with Gasteiger partial charge in [0.1, 0.15) is 5.75 Å². The highest BCUT2D eigenvalue weighted by Crippen LogP contribution is 2.13. The third kappa shape index (κ3) is 3.76. The molecule has 0 aliphatic heterocycles. The second kappa shape index (κ2) is 6.80. The number of nitrogens with one attached hydrogen (secondary N) is 1. The Labute approximate surface area is 122 Å². The summed E-state index contributed by atoms with van der Waals surface area (Å²) in [5, 5.41) is 14.4. The third-order valence-electron chi connectivity index (χ3n) is 2.71. The predicted molar refractivity (Wildman–Crippen MR) is 74.5 cm³/mol. The molecule has 0 radical (unpaired) electrons. The summed E-state index contributed by atoms with van der Waals surface area (Å²) in [6.07, 6.45) is 0. The number of rotatable bonds is 6. The van der Waals surface area contributed by atoms with Crippen LogP contribution < -0.4 is 10.1 Å². The van der Waals surface area contributed by atoms with Crippen molar-refractivity contribution in [3.63, 3.8) is 0 Å². The van der Waals surface area contributed by atoms with Crippen LogP contribution in [0.5, 0.6) is 5.75 Å². The first-order chi connectivity index (χ1) is 10.1. The third-order valence-corrected chi connectivity index (χ3v) is 2.71. The highest BCUT2D eigenvalue weighted by Gasteiger charge is 2.15. The summed E-state index contributed by atoms with van der Waals surface area (Å²) in [5.74, 6) is 0.346. The fourth-order valence-corrected chi connectivity index (χ4v) is 1.71. The number of ether oxygens (including phenoxy) is 2. The molecule has 0 saturated heterocycles. The molecule has 0 saturated carbocycles. The lowest BCUT2D eigenvalue weighted by Gasteiger charge is -2.10. The Morgan fingerprint density at radius 1 is 1.33 bits per heavy atom. The zero-order chi connectivity index (χ0) is 15.2. The van der Waals surface area contributed by atoms with Gasteiger partial charge in [0, 0.05) is 13.2 Å². The molecule has 0 aliphatic rings. The average molecular weight is 291 g/mol. The van der Waals surface area contributed by atoms with Gasteiger partial charge < -0.3 is 14.8 Å². The Balaban J connectivity index is 2.08. The van der Waals surface area contributed by atoms with Gasteiger partial charge in [-0.25, -0.2) is 0 Å². The van der Waals surface area contributed by atoms with E-state index >= 15 is 0 Å². The summed E-state index contributed by atoms with van der Waals surface area (Å²) >= 11 is 0. The van der Waals surface area contributed by atoms with Gasteiger partial charge >= 0.3 is 0 Å². The van der Waals surface area contributed by atoms with Crippen LogP contribution in [0.25, 0.3) is 5.69 Å². The molecular weight excluding hydrogens is 274 g/mol. The maximum Gasteiger partial charge on any atom is 0.293 e. The second-order valence-corrected chi connectivity index (χ2v) is 4.43. The second-order valence-electron chi connectivity index (χ2n) is 4.43. The molecule has 0 fully saturated rings. The molecule has 1 heterocycles. The number of nitrogens with zero attached hydrogens (tertiary/aromatic N) is 4. The number of benzene rings is 1. The number of methoxy groups -OCH3 is 2.